The predicted molar refractivity (Wildman–Crippen MR) is 92.9 cm³/mol. The van der Waals surface area contributed by atoms with Gasteiger partial charge in [0.05, 0.1) is 11.7 Å². The van der Waals surface area contributed by atoms with Gasteiger partial charge < -0.3 is 5.32 Å². The number of fused-ring (bicyclic) bond motifs is 1. The number of aromatic nitrogens is 5. The summed E-state index contributed by atoms with van der Waals surface area (Å²) in [5.74, 6) is 0.432. The molecule has 0 fully saturated rings. The Bertz CT molecular complexity index is 1020. The summed E-state index contributed by atoms with van der Waals surface area (Å²) in [5.41, 5.74) is 2.83. The molecule has 4 rings (SSSR count). The topological polar surface area (TPSA) is 88.0 Å². The average molecular weight is 332 g/mol. The van der Waals surface area contributed by atoms with Gasteiger partial charge in [0.25, 0.3) is 5.91 Å². The molecule has 0 aliphatic carbocycles. The molecule has 1 atom stereocenters. The highest BCUT2D eigenvalue weighted by Crippen LogP contribution is 2.18. The van der Waals surface area contributed by atoms with E-state index in [4.69, 9.17) is 0 Å². The first-order chi connectivity index (χ1) is 12.2. The van der Waals surface area contributed by atoms with E-state index in [-0.39, 0.29) is 11.9 Å². The molecule has 0 spiro atoms. The van der Waals surface area contributed by atoms with Gasteiger partial charge in [-0.3, -0.25) is 14.3 Å². The zero-order valence-electron chi connectivity index (χ0n) is 13.5. The quantitative estimate of drug-likeness (QED) is 0.601. The molecule has 7 nitrogen and oxygen atoms in total. The maximum atomic E-state index is 12.5. The van der Waals surface area contributed by atoms with Crippen LogP contribution < -0.4 is 5.32 Å². The fourth-order valence-corrected chi connectivity index (χ4v) is 2.69. The van der Waals surface area contributed by atoms with Crippen molar-refractivity contribution in [3.63, 3.8) is 0 Å². The molecule has 7 heteroatoms. The molecule has 124 valence electrons. The first-order valence-corrected chi connectivity index (χ1v) is 7.94. The van der Waals surface area contributed by atoms with Gasteiger partial charge in [-0.2, -0.15) is 5.10 Å². The molecule has 1 aromatic carbocycles. The van der Waals surface area contributed by atoms with Gasteiger partial charge in [-0.1, -0.05) is 36.4 Å². The maximum absolute atomic E-state index is 12.5. The summed E-state index contributed by atoms with van der Waals surface area (Å²) in [7, 11) is 0. The summed E-state index contributed by atoms with van der Waals surface area (Å²) >= 11 is 0. The van der Waals surface area contributed by atoms with Crippen LogP contribution in [0.1, 0.15) is 29.3 Å². The second-order valence-electron chi connectivity index (χ2n) is 5.72. The summed E-state index contributed by atoms with van der Waals surface area (Å²) in [6.07, 6.45) is 1.87. The molecule has 1 amide bonds. The fraction of sp³-hybridized carbons (Fsp3) is 0.111. The summed E-state index contributed by atoms with van der Waals surface area (Å²) in [4.78, 5) is 12.5. The largest absolute Gasteiger partial charge is 0.341 e. The Balaban J connectivity index is 1.53. The van der Waals surface area contributed by atoms with Crippen LogP contribution in [0.15, 0.2) is 60.8 Å². The summed E-state index contributed by atoms with van der Waals surface area (Å²) in [6.45, 7) is 1.87. The number of carbonyl (C=O) groups is 1. The molecule has 0 unspecified atom stereocenters. The van der Waals surface area contributed by atoms with Crippen LogP contribution in [-0.2, 0) is 0 Å². The van der Waals surface area contributed by atoms with Crippen LogP contribution in [-0.4, -0.2) is 30.7 Å². The first-order valence-electron chi connectivity index (χ1n) is 7.94. The van der Waals surface area contributed by atoms with Gasteiger partial charge in [-0.15, -0.1) is 10.2 Å². The zero-order valence-corrected chi connectivity index (χ0v) is 13.5. The van der Waals surface area contributed by atoms with Crippen molar-refractivity contribution in [1.29, 1.82) is 0 Å². The molecular formula is C18H16N6O. The van der Waals surface area contributed by atoms with E-state index in [1.54, 1.807) is 6.07 Å². The Labute approximate surface area is 143 Å². The molecule has 2 N–H and O–H groups in total. The summed E-state index contributed by atoms with van der Waals surface area (Å²) < 4.78 is 1.85. The van der Waals surface area contributed by atoms with E-state index < -0.39 is 0 Å². The number of nitrogens with zero attached hydrogens (tertiary/aromatic N) is 4. The van der Waals surface area contributed by atoms with Crippen molar-refractivity contribution in [3.05, 3.63) is 72.3 Å². The Morgan fingerprint density at radius 1 is 1.12 bits per heavy atom. The van der Waals surface area contributed by atoms with Crippen molar-refractivity contribution < 1.29 is 4.79 Å². The van der Waals surface area contributed by atoms with E-state index >= 15 is 0 Å². The first kappa shape index (κ1) is 15.1. The maximum Gasteiger partial charge on any atom is 0.269 e. The summed E-state index contributed by atoms with van der Waals surface area (Å²) in [6, 6.07) is 16.8. The van der Waals surface area contributed by atoms with Crippen molar-refractivity contribution in [3.8, 4) is 11.3 Å². The van der Waals surface area contributed by atoms with Crippen molar-refractivity contribution in [2.75, 3.05) is 0 Å². The van der Waals surface area contributed by atoms with Crippen LogP contribution >= 0.6 is 0 Å². The van der Waals surface area contributed by atoms with Crippen LogP contribution in [0.5, 0.6) is 0 Å². The number of H-pyrrole nitrogens is 1. The Morgan fingerprint density at radius 2 is 1.92 bits per heavy atom. The van der Waals surface area contributed by atoms with E-state index in [2.05, 4.69) is 25.7 Å². The van der Waals surface area contributed by atoms with Gasteiger partial charge >= 0.3 is 0 Å². The van der Waals surface area contributed by atoms with E-state index in [0.717, 1.165) is 16.9 Å². The van der Waals surface area contributed by atoms with Crippen LogP contribution in [0, 0.1) is 0 Å². The van der Waals surface area contributed by atoms with E-state index in [1.807, 2.05) is 66.1 Å². The number of hydrogen-bond acceptors (Lipinski definition) is 4. The highest BCUT2D eigenvalue weighted by molar-refractivity contribution is 5.93. The van der Waals surface area contributed by atoms with Gasteiger partial charge in [0.1, 0.15) is 5.69 Å². The number of amides is 1. The fourth-order valence-electron chi connectivity index (χ4n) is 2.69. The van der Waals surface area contributed by atoms with Crippen molar-refractivity contribution in [1.82, 2.24) is 30.1 Å². The zero-order chi connectivity index (χ0) is 17.2. The average Bonchev–Trinajstić information content (AvgIpc) is 3.30. The molecule has 4 aromatic rings. The van der Waals surface area contributed by atoms with Gasteiger partial charge in [0.2, 0.25) is 0 Å². The Hall–Kier alpha value is -3.48. The van der Waals surface area contributed by atoms with Crippen LogP contribution in [0.4, 0.5) is 0 Å². The van der Waals surface area contributed by atoms with Gasteiger partial charge in [-0.05, 0) is 25.1 Å². The van der Waals surface area contributed by atoms with Gasteiger partial charge in [-0.25, -0.2) is 0 Å². The predicted octanol–water partition coefficient (Wildman–Crippen LogP) is 2.61. The Kier molecular flexibility index (Phi) is 3.74. The second-order valence-corrected chi connectivity index (χ2v) is 5.72. The number of aromatic amines is 1. The molecule has 3 aromatic heterocycles. The van der Waals surface area contributed by atoms with Crippen molar-refractivity contribution in [2.45, 2.75) is 13.0 Å². The number of benzene rings is 1. The Morgan fingerprint density at radius 3 is 2.76 bits per heavy atom. The SMILES string of the molecule is C[C@@H](NC(=O)c1cc(-c2ccccc2)n[nH]1)c1nnc2ccccn12. The minimum atomic E-state index is -0.298. The van der Waals surface area contributed by atoms with E-state index in [0.29, 0.717) is 11.5 Å². The van der Waals surface area contributed by atoms with Crippen molar-refractivity contribution >= 4 is 11.6 Å². The molecule has 0 aliphatic rings. The normalized spacial score (nSPS) is 12.2. The van der Waals surface area contributed by atoms with Gasteiger partial charge in [0.15, 0.2) is 11.5 Å². The smallest absolute Gasteiger partial charge is 0.269 e. The molecular weight excluding hydrogens is 316 g/mol. The van der Waals surface area contributed by atoms with Crippen LogP contribution in [0.2, 0.25) is 0 Å². The third-order valence-corrected chi connectivity index (χ3v) is 3.97. The molecule has 3 heterocycles. The minimum Gasteiger partial charge on any atom is -0.341 e. The summed E-state index contributed by atoms with van der Waals surface area (Å²) in [5, 5.41) is 18.2. The molecule has 0 bridgehead atoms. The molecule has 0 aliphatic heterocycles. The standard InChI is InChI=1S/C18H16N6O/c1-12(17-23-22-16-9-5-6-10-24(16)17)19-18(25)15-11-14(20-21-15)13-7-3-2-4-8-13/h2-12H,1H3,(H,19,25)(H,20,21)/t12-/m1/s1. The monoisotopic (exact) mass is 332 g/mol. The van der Waals surface area contributed by atoms with E-state index in [9.17, 15) is 4.79 Å². The van der Waals surface area contributed by atoms with E-state index in [1.165, 1.54) is 0 Å². The number of nitrogens with one attached hydrogen (secondary N) is 2. The lowest BCUT2D eigenvalue weighted by atomic mass is 10.1. The number of hydrogen-bond donors (Lipinski definition) is 2. The molecule has 0 saturated carbocycles. The minimum absolute atomic E-state index is 0.241. The van der Waals surface area contributed by atoms with Gasteiger partial charge in [0, 0.05) is 11.8 Å². The third-order valence-electron chi connectivity index (χ3n) is 3.97. The number of pyridine rings is 1. The number of rotatable bonds is 4. The lowest BCUT2D eigenvalue weighted by Crippen LogP contribution is -2.28. The highest BCUT2D eigenvalue weighted by atomic mass is 16.2. The van der Waals surface area contributed by atoms with Crippen LogP contribution in [0.3, 0.4) is 0 Å². The number of carbonyl (C=O) groups excluding carboxylic acids is 1. The lowest BCUT2D eigenvalue weighted by Gasteiger charge is -2.11. The third kappa shape index (κ3) is 2.87. The van der Waals surface area contributed by atoms with Crippen LogP contribution in [0.25, 0.3) is 16.9 Å². The molecule has 0 radical (unpaired) electrons. The highest BCUT2D eigenvalue weighted by Gasteiger charge is 2.18. The second kappa shape index (κ2) is 6.20. The molecule has 0 saturated heterocycles. The van der Waals surface area contributed by atoms with Crippen molar-refractivity contribution in [2.24, 2.45) is 0 Å². The molecule has 25 heavy (non-hydrogen) atoms. The lowest BCUT2D eigenvalue weighted by molar-refractivity contribution is 0.0933.